The van der Waals surface area contributed by atoms with Crippen molar-refractivity contribution in [1.29, 1.82) is 0 Å². The van der Waals surface area contributed by atoms with E-state index in [1.165, 1.54) is 12.8 Å². The number of carbonyl (C=O) groups excluding carboxylic acids is 1. The molecule has 3 aliphatic rings. The van der Waals surface area contributed by atoms with Crippen LogP contribution < -0.4 is 10.5 Å². The highest BCUT2D eigenvalue weighted by Gasteiger charge is 2.52. The minimum absolute atomic E-state index is 0.142. The summed E-state index contributed by atoms with van der Waals surface area (Å²) in [4.78, 5) is 25.0. The number of nitrogens with two attached hydrogens (primary N) is 1. The average molecular weight is 487 g/mol. The highest BCUT2D eigenvalue weighted by atomic mass is 16.5. The van der Waals surface area contributed by atoms with Crippen LogP contribution in [-0.2, 0) is 13.6 Å². The zero-order valence-electron chi connectivity index (χ0n) is 20.5. The van der Waals surface area contributed by atoms with Crippen LogP contribution >= 0.6 is 0 Å². The van der Waals surface area contributed by atoms with Crippen LogP contribution in [0.2, 0.25) is 0 Å². The second-order valence-corrected chi connectivity index (χ2v) is 10.6. The summed E-state index contributed by atoms with van der Waals surface area (Å²) in [5.74, 6) is 2.07. The molecule has 1 aromatic carbocycles. The molecule has 7 rings (SSSR count). The van der Waals surface area contributed by atoms with Gasteiger partial charge in [-0.15, -0.1) is 0 Å². The SMILES string of the molecule is COc1cc(C(=O)N2CC3C[C@H](O)C2C3N)cc2nc(-c3cc4cccnc4n3CC3CC3)n(C)c12. The van der Waals surface area contributed by atoms with E-state index in [2.05, 4.69) is 21.7 Å². The van der Waals surface area contributed by atoms with Gasteiger partial charge in [-0.25, -0.2) is 9.97 Å². The van der Waals surface area contributed by atoms with Crippen LogP contribution in [0.1, 0.15) is 29.6 Å². The predicted molar refractivity (Wildman–Crippen MR) is 136 cm³/mol. The first-order valence-electron chi connectivity index (χ1n) is 12.7. The molecule has 2 saturated carbocycles. The second-order valence-electron chi connectivity index (χ2n) is 10.6. The summed E-state index contributed by atoms with van der Waals surface area (Å²) in [7, 11) is 3.59. The van der Waals surface area contributed by atoms with Gasteiger partial charge >= 0.3 is 0 Å². The molecule has 3 fully saturated rings. The molecule has 2 bridgehead atoms. The Balaban J connectivity index is 1.34. The van der Waals surface area contributed by atoms with E-state index in [1.54, 1.807) is 18.1 Å². The number of pyridine rings is 1. The summed E-state index contributed by atoms with van der Waals surface area (Å²) < 4.78 is 10.1. The minimum Gasteiger partial charge on any atom is -0.494 e. The number of imidazole rings is 1. The van der Waals surface area contributed by atoms with Gasteiger partial charge in [-0.3, -0.25) is 4.79 Å². The fourth-order valence-corrected chi connectivity index (χ4v) is 6.35. The Hall–Kier alpha value is -3.43. The van der Waals surface area contributed by atoms with Gasteiger partial charge in [-0.1, -0.05) is 0 Å². The molecular weight excluding hydrogens is 456 g/mol. The lowest BCUT2D eigenvalue weighted by molar-refractivity contribution is 0.0394. The third-order valence-corrected chi connectivity index (χ3v) is 8.35. The summed E-state index contributed by atoms with van der Waals surface area (Å²) in [6.45, 7) is 1.49. The van der Waals surface area contributed by atoms with Gasteiger partial charge in [0.25, 0.3) is 5.91 Å². The Morgan fingerprint density at radius 3 is 2.83 bits per heavy atom. The van der Waals surface area contributed by atoms with Gasteiger partial charge in [-0.2, -0.15) is 0 Å². The summed E-state index contributed by atoms with van der Waals surface area (Å²) in [5.41, 5.74) is 10.3. The molecule has 4 aromatic rings. The van der Waals surface area contributed by atoms with E-state index in [4.69, 9.17) is 15.5 Å². The third-order valence-electron chi connectivity index (χ3n) is 8.35. The van der Waals surface area contributed by atoms with Crippen molar-refractivity contribution in [2.45, 2.75) is 44.0 Å². The molecular formula is C27H30N6O3. The molecule has 1 amide bonds. The Bertz CT molecular complexity index is 1520. The van der Waals surface area contributed by atoms with Crippen molar-refractivity contribution in [2.24, 2.45) is 24.6 Å². The fraction of sp³-hybridized carbons (Fsp3) is 0.444. The number of aliphatic hydroxyl groups is 1. The number of aryl methyl sites for hydroxylation is 1. The topological polar surface area (TPSA) is 111 Å². The number of nitrogens with zero attached hydrogens (tertiary/aromatic N) is 5. The molecule has 0 radical (unpaired) electrons. The van der Waals surface area contributed by atoms with Crippen molar-refractivity contribution in [3.63, 3.8) is 0 Å². The number of aromatic nitrogens is 4. The molecule has 2 aliphatic carbocycles. The number of aliphatic hydroxyl groups excluding tert-OH is 1. The lowest BCUT2D eigenvalue weighted by Gasteiger charge is -2.30. The summed E-state index contributed by atoms with van der Waals surface area (Å²) in [6.07, 6.45) is 4.40. The number of methoxy groups -OCH3 is 1. The Kier molecular flexibility index (Phi) is 4.72. The van der Waals surface area contributed by atoms with Gasteiger partial charge in [0.05, 0.1) is 30.5 Å². The average Bonchev–Trinajstić information content (AvgIpc) is 3.32. The van der Waals surface area contributed by atoms with Crippen LogP contribution in [0.25, 0.3) is 33.6 Å². The van der Waals surface area contributed by atoms with Gasteiger partial charge in [0, 0.05) is 43.3 Å². The van der Waals surface area contributed by atoms with Crippen molar-refractivity contribution in [3.05, 3.63) is 42.1 Å². The zero-order chi connectivity index (χ0) is 24.7. The number of piperidine rings is 1. The lowest BCUT2D eigenvalue weighted by atomic mass is 10.1. The van der Waals surface area contributed by atoms with Crippen LogP contribution in [0, 0.1) is 11.8 Å². The van der Waals surface area contributed by atoms with Crippen molar-refractivity contribution in [1.82, 2.24) is 24.0 Å². The predicted octanol–water partition coefficient (Wildman–Crippen LogP) is 2.54. The fourth-order valence-electron chi connectivity index (χ4n) is 6.35. The van der Waals surface area contributed by atoms with Crippen LogP contribution in [0.4, 0.5) is 0 Å². The van der Waals surface area contributed by atoms with Crippen molar-refractivity contribution in [3.8, 4) is 17.3 Å². The van der Waals surface area contributed by atoms with E-state index < -0.39 is 6.10 Å². The molecule has 4 atom stereocenters. The second kappa shape index (κ2) is 7.78. The molecule has 0 spiro atoms. The third kappa shape index (κ3) is 3.12. The largest absolute Gasteiger partial charge is 0.494 e. The number of hydrogen-bond donors (Lipinski definition) is 2. The van der Waals surface area contributed by atoms with E-state index in [-0.39, 0.29) is 23.9 Å². The maximum absolute atomic E-state index is 13.6. The monoisotopic (exact) mass is 486 g/mol. The van der Waals surface area contributed by atoms with Crippen LogP contribution in [0.15, 0.2) is 36.5 Å². The lowest BCUT2D eigenvalue weighted by Crippen LogP contribution is -2.48. The summed E-state index contributed by atoms with van der Waals surface area (Å²) in [5, 5.41) is 11.5. The maximum Gasteiger partial charge on any atom is 0.254 e. The number of benzene rings is 1. The van der Waals surface area contributed by atoms with E-state index in [0.29, 0.717) is 35.7 Å². The quantitative estimate of drug-likeness (QED) is 0.449. The van der Waals surface area contributed by atoms with Crippen LogP contribution in [0.3, 0.4) is 0 Å². The van der Waals surface area contributed by atoms with E-state index >= 15 is 0 Å². The van der Waals surface area contributed by atoms with E-state index in [0.717, 1.165) is 34.6 Å². The van der Waals surface area contributed by atoms with Crippen LogP contribution in [-0.4, -0.2) is 66.9 Å². The molecule has 3 N–H and O–H groups in total. The molecule has 36 heavy (non-hydrogen) atoms. The molecule has 3 aromatic heterocycles. The Labute approximate surface area is 208 Å². The number of fused-ring (bicyclic) bond motifs is 4. The Morgan fingerprint density at radius 2 is 2.11 bits per heavy atom. The first-order chi connectivity index (χ1) is 17.4. The number of amides is 1. The molecule has 9 heteroatoms. The van der Waals surface area contributed by atoms with Gasteiger partial charge in [0.2, 0.25) is 0 Å². The molecule has 9 nitrogen and oxygen atoms in total. The molecule has 3 unspecified atom stereocenters. The number of ether oxygens (including phenoxy) is 1. The molecule has 4 heterocycles. The highest BCUT2D eigenvalue weighted by Crippen LogP contribution is 2.40. The molecule has 1 saturated heterocycles. The molecule has 186 valence electrons. The summed E-state index contributed by atoms with van der Waals surface area (Å²) >= 11 is 0. The molecule has 1 aliphatic heterocycles. The van der Waals surface area contributed by atoms with Gasteiger partial charge in [0.1, 0.15) is 16.9 Å². The first-order valence-corrected chi connectivity index (χ1v) is 12.7. The van der Waals surface area contributed by atoms with Gasteiger partial charge < -0.3 is 29.6 Å². The van der Waals surface area contributed by atoms with Gasteiger partial charge in [0.15, 0.2) is 5.82 Å². The normalized spacial score (nSPS) is 25.4. The van der Waals surface area contributed by atoms with Crippen LogP contribution in [0.5, 0.6) is 5.75 Å². The summed E-state index contributed by atoms with van der Waals surface area (Å²) in [6, 6.07) is 9.28. The minimum atomic E-state index is -0.572. The highest BCUT2D eigenvalue weighted by molar-refractivity contribution is 6.00. The first kappa shape index (κ1) is 21.8. The smallest absolute Gasteiger partial charge is 0.254 e. The van der Waals surface area contributed by atoms with Crippen molar-refractivity contribution < 1.29 is 14.6 Å². The number of likely N-dealkylation sites (tertiary alicyclic amines) is 1. The number of carbonyl (C=O) groups is 1. The maximum atomic E-state index is 13.6. The zero-order valence-corrected chi connectivity index (χ0v) is 20.5. The van der Waals surface area contributed by atoms with E-state index in [9.17, 15) is 9.90 Å². The number of rotatable bonds is 5. The Morgan fingerprint density at radius 1 is 1.28 bits per heavy atom. The van der Waals surface area contributed by atoms with Crippen molar-refractivity contribution >= 4 is 28.0 Å². The van der Waals surface area contributed by atoms with E-state index in [1.807, 2.05) is 29.9 Å². The standard InChI is InChI=1S/C27H30N6O3/c1-31-23-18(30-26(31)19-9-15-4-3-7-29-25(15)32(19)12-14-5-6-14)8-16(11-21(23)36-2)27(35)33-13-17-10-20(34)24(33)22(17)28/h3-4,7-9,11,14,17,20,22,24,34H,5-6,10,12-13,28H2,1-2H3/t17?,20-,22?,24?/m0/s1. The van der Waals surface area contributed by atoms with Gasteiger partial charge in [-0.05, 0) is 61.4 Å². The van der Waals surface area contributed by atoms with Crippen molar-refractivity contribution in [2.75, 3.05) is 13.7 Å². The number of hydrogen-bond acceptors (Lipinski definition) is 6.